The van der Waals surface area contributed by atoms with Crippen LogP contribution in [0, 0.1) is 6.92 Å². The molecule has 0 fully saturated rings. The molecule has 0 saturated heterocycles. The highest BCUT2D eigenvalue weighted by Crippen LogP contribution is 2.21. The third-order valence-corrected chi connectivity index (χ3v) is 3.62. The summed E-state index contributed by atoms with van der Waals surface area (Å²) in [5.41, 5.74) is 0.868. The van der Waals surface area contributed by atoms with E-state index in [0.717, 1.165) is 21.3 Å². The fourth-order valence-electron chi connectivity index (χ4n) is 1.37. The summed E-state index contributed by atoms with van der Waals surface area (Å²) < 4.78 is 5.57. The Bertz CT molecular complexity index is 496. The lowest BCUT2D eigenvalue weighted by molar-refractivity contribution is 0.284. The average Bonchev–Trinajstić information content (AvgIpc) is 2.69. The number of halogens is 1. The minimum absolute atomic E-state index is 0.0322. The van der Waals surface area contributed by atoms with Crippen LogP contribution in [0.2, 0.25) is 5.02 Å². The molecule has 0 aliphatic carbocycles. The van der Waals surface area contributed by atoms with Gasteiger partial charge < -0.3 is 9.84 Å². The summed E-state index contributed by atoms with van der Waals surface area (Å²) in [7, 11) is 0. The van der Waals surface area contributed by atoms with Gasteiger partial charge in [-0.1, -0.05) is 11.6 Å². The number of aryl methyl sites for hydroxylation is 1. The number of thiazole rings is 1. The molecule has 0 bridgehead atoms. The van der Waals surface area contributed by atoms with Gasteiger partial charge in [0.05, 0.1) is 17.2 Å². The van der Waals surface area contributed by atoms with Gasteiger partial charge in [-0.25, -0.2) is 4.98 Å². The van der Waals surface area contributed by atoms with Crippen molar-refractivity contribution in [3.63, 3.8) is 0 Å². The first kappa shape index (κ1) is 12.4. The van der Waals surface area contributed by atoms with Crippen molar-refractivity contribution in [2.24, 2.45) is 0 Å². The zero-order valence-corrected chi connectivity index (χ0v) is 10.9. The monoisotopic (exact) mass is 269 g/mol. The van der Waals surface area contributed by atoms with E-state index in [1.54, 1.807) is 12.1 Å². The summed E-state index contributed by atoms with van der Waals surface area (Å²) in [5.74, 6) is 0.757. The van der Waals surface area contributed by atoms with E-state index >= 15 is 0 Å². The Labute approximate surface area is 109 Å². The van der Waals surface area contributed by atoms with Gasteiger partial charge in [0.15, 0.2) is 0 Å². The molecule has 2 rings (SSSR count). The molecule has 0 saturated carbocycles. The molecule has 0 aliphatic rings. The number of aromatic nitrogens is 1. The number of hydrogen-bond acceptors (Lipinski definition) is 4. The fourth-order valence-corrected chi connectivity index (χ4v) is 2.34. The van der Waals surface area contributed by atoms with E-state index in [2.05, 4.69) is 4.98 Å². The van der Waals surface area contributed by atoms with E-state index in [1.807, 2.05) is 19.1 Å². The van der Waals surface area contributed by atoms with E-state index in [9.17, 15) is 0 Å². The molecular formula is C12H12ClNO2S. The van der Waals surface area contributed by atoms with Crippen LogP contribution in [0.1, 0.15) is 15.6 Å². The zero-order chi connectivity index (χ0) is 12.3. The molecule has 0 unspecified atom stereocenters. The molecule has 1 N–H and O–H groups in total. The molecule has 90 valence electrons. The van der Waals surface area contributed by atoms with Crippen LogP contribution in [0.5, 0.6) is 5.75 Å². The van der Waals surface area contributed by atoms with Crippen LogP contribution in [0.15, 0.2) is 24.3 Å². The maximum absolute atomic E-state index is 9.06. The predicted octanol–water partition coefficient (Wildman–Crippen LogP) is 3.18. The van der Waals surface area contributed by atoms with Crippen molar-refractivity contribution in [2.45, 2.75) is 20.1 Å². The summed E-state index contributed by atoms with van der Waals surface area (Å²) in [6, 6.07) is 7.19. The molecule has 0 radical (unpaired) electrons. The Morgan fingerprint density at radius 2 is 2.06 bits per heavy atom. The van der Waals surface area contributed by atoms with Gasteiger partial charge in [0.1, 0.15) is 17.4 Å². The molecule has 0 aliphatic heterocycles. The molecule has 1 heterocycles. The highest BCUT2D eigenvalue weighted by molar-refractivity contribution is 7.11. The number of aliphatic hydroxyl groups excluding tert-OH is 1. The van der Waals surface area contributed by atoms with Crippen LogP contribution in [0.3, 0.4) is 0 Å². The van der Waals surface area contributed by atoms with Crippen molar-refractivity contribution in [2.75, 3.05) is 0 Å². The van der Waals surface area contributed by atoms with Gasteiger partial charge in [-0.2, -0.15) is 0 Å². The molecular weight excluding hydrogens is 258 g/mol. The van der Waals surface area contributed by atoms with Crippen molar-refractivity contribution in [3.05, 3.63) is 44.9 Å². The van der Waals surface area contributed by atoms with Crippen molar-refractivity contribution in [1.29, 1.82) is 0 Å². The van der Waals surface area contributed by atoms with Crippen LogP contribution in [0.25, 0.3) is 0 Å². The van der Waals surface area contributed by atoms with Crippen LogP contribution in [-0.4, -0.2) is 10.1 Å². The van der Waals surface area contributed by atoms with E-state index in [1.165, 1.54) is 11.3 Å². The van der Waals surface area contributed by atoms with Crippen LogP contribution < -0.4 is 4.74 Å². The third kappa shape index (κ3) is 3.19. The first-order chi connectivity index (χ1) is 8.19. The predicted molar refractivity (Wildman–Crippen MR) is 68.6 cm³/mol. The van der Waals surface area contributed by atoms with Gasteiger partial charge in [0.2, 0.25) is 0 Å². The third-order valence-electron chi connectivity index (χ3n) is 2.26. The number of aliphatic hydroxyl groups is 1. The topological polar surface area (TPSA) is 42.4 Å². The Morgan fingerprint density at radius 3 is 2.65 bits per heavy atom. The fraction of sp³-hybridized carbons (Fsp3) is 0.250. The van der Waals surface area contributed by atoms with Crippen LogP contribution in [-0.2, 0) is 13.2 Å². The van der Waals surface area contributed by atoms with Gasteiger partial charge in [-0.15, -0.1) is 11.3 Å². The largest absolute Gasteiger partial charge is 0.486 e. The summed E-state index contributed by atoms with van der Waals surface area (Å²) in [5, 5.41) is 10.6. The maximum atomic E-state index is 9.06. The highest BCUT2D eigenvalue weighted by atomic mass is 35.5. The second kappa shape index (κ2) is 5.49. The minimum Gasteiger partial charge on any atom is -0.486 e. The molecule has 5 heteroatoms. The first-order valence-corrected chi connectivity index (χ1v) is 6.33. The van der Waals surface area contributed by atoms with Gasteiger partial charge in [-0.05, 0) is 31.2 Å². The van der Waals surface area contributed by atoms with Crippen molar-refractivity contribution in [3.8, 4) is 5.75 Å². The molecule has 2 aromatic rings. The zero-order valence-electron chi connectivity index (χ0n) is 9.31. The highest BCUT2D eigenvalue weighted by Gasteiger charge is 2.06. The molecule has 0 spiro atoms. The van der Waals surface area contributed by atoms with Gasteiger partial charge in [0, 0.05) is 5.02 Å². The SMILES string of the molecule is Cc1nc(COc2ccc(Cl)cc2)sc1CO. The lowest BCUT2D eigenvalue weighted by Crippen LogP contribution is -1.94. The lowest BCUT2D eigenvalue weighted by Gasteiger charge is -2.03. The smallest absolute Gasteiger partial charge is 0.140 e. The summed E-state index contributed by atoms with van der Waals surface area (Å²) in [6.07, 6.45) is 0. The Balaban J connectivity index is 1.99. The summed E-state index contributed by atoms with van der Waals surface area (Å²) in [4.78, 5) is 5.21. The van der Waals surface area contributed by atoms with Gasteiger partial charge in [-0.3, -0.25) is 0 Å². The van der Waals surface area contributed by atoms with E-state index in [-0.39, 0.29) is 6.61 Å². The van der Waals surface area contributed by atoms with E-state index in [0.29, 0.717) is 11.6 Å². The van der Waals surface area contributed by atoms with Crippen LogP contribution in [0.4, 0.5) is 0 Å². The van der Waals surface area contributed by atoms with Crippen molar-refractivity contribution < 1.29 is 9.84 Å². The Hall–Kier alpha value is -1.10. The maximum Gasteiger partial charge on any atom is 0.140 e. The first-order valence-electron chi connectivity index (χ1n) is 5.13. The molecule has 0 atom stereocenters. The number of hydrogen-bond donors (Lipinski definition) is 1. The van der Waals surface area contributed by atoms with Crippen molar-refractivity contribution in [1.82, 2.24) is 4.98 Å². The second-order valence-electron chi connectivity index (χ2n) is 3.52. The lowest BCUT2D eigenvalue weighted by atomic mass is 10.3. The standard InChI is InChI=1S/C12H12ClNO2S/c1-8-11(6-15)17-12(14-8)7-16-10-4-2-9(13)3-5-10/h2-5,15H,6-7H2,1H3. The molecule has 3 nitrogen and oxygen atoms in total. The average molecular weight is 270 g/mol. The normalized spacial score (nSPS) is 10.5. The molecule has 1 aromatic heterocycles. The second-order valence-corrected chi connectivity index (χ2v) is 5.12. The van der Waals surface area contributed by atoms with Crippen LogP contribution >= 0.6 is 22.9 Å². The Kier molecular flexibility index (Phi) is 3.99. The van der Waals surface area contributed by atoms with Gasteiger partial charge >= 0.3 is 0 Å². The number of ether oxygens (including phenoxy) is 1. The number of benzene rings is 1. The van der Waals surface area contributed by atoms with Gasteiger partial charge in [0.25, 0.3) is 0 Å². The molecule has 17 heavy (non-hydrogen) atoms. The number of nitrogens with zero attached hydrogens (tertiary/aromatic N) is 1. The number of rotatable bonds is 4. The summed E-state index contributed by atoms with van der Waals surface area (Å²) in [6.45, 7) is 2.32. The summed E-state index contributed by atoms with van der Waals surface area (Å²) >= 11 is 7.25. The molecule has 0 amide bonds. The molecule has 1 aromatic carbocycles. The minimum atomic E-state index is 0.0322. The van der Waals surface area contributed by atoms with E-state index in [4.69, 9.17) is 21.4 Å². The van der Waals surface area contributed by atoms with E-state index < -0.39 is 0 Å². The quantitative estimate of drug-likeness (QED) is 0.927. The Morgan fingerprint density at radius 1 is 1.35 bits per heavy atom. The van der Waals surface area contributed by atoms with Crippen molar-refractivity contribution >= 4 is 22.9 Å².